The predicted octanol–water partition coefficient (Wildman–Crippen LogP) is 3.97. The third-order valence-electron chi connectivity index (χ3n) is 3.44. The zero-order valence-electron chi connectivity index (χ0n) is 12.6. The maximum absolute atomic E-state index is 14.0. The highest BCUT2D eigenvalue weighted by atomic mass is 19.4. The highest BCUT2D eigenvalue weighted by molar-refractivity contribution is 5.90. The monoisotopic (exact) mass is 368 g/mol. The molecule has 0 aliphatic rings. The topological polar surface area (TPSA) is 96.5 Å². The van der Waals surface area contributed by atoms with Crippen molar-refractivity contribution in [2.24, 2.45) is 0 Å². The summed E-state index contributed by atoms with van der Waals surface area (Å²) in [7, 11) is 0. The molecular weight excluding hydrogens is 360 g/mol. The number of hydrogen-bond acceptors (Lipinski definition) is 5. The Morgan fingerprint density at radius 2 is 1.81 bits per heavy atom. The molecule has 1 aromatic heterocycles. The van der Waals surface area contributed by atoms with Crippen LogP contribution in [0.1, 0.15) is 15.9 Å². The fourth-order valence-electron chi connectivity index (χ4n) is 2.16. The molecule has 0 aliphatic carbocycles. The molecule has 0 amide bonds. The van der Waals surface area contributed by atoms with Crippen LogP contribution in [0.25, 0.3) is 22.8 Å². The highest BCUT2D eigenvalue weighted by Gasteiger charge is 2.31. The van der Waals surface area contributed by atoms with Gasteiger partial charge in [-0.25, -0.2) is 9.18 Å². The lowest BCUT2D eigenvalue weighted by Crippen LogP contribution is -2.05. The van der Waals surface area contributed by atoms with E-state index in [0.717, 1.165) is 24.3 Å². The van der Waals surface area contributed by atoms with E-state index in [1.807, 2.05) is 0 Å². The van der Waals surface area contributed by atoms with Gasteiger partial charge in [0, 0.05) is 0 Å². The molecule has 1 heterocycles. The number of hydrogen-bond donors (Lipinski definition) is 2. The summed E-state index contributed by atoms with van der Waals surface area (Å²) >= 11 is 0. The van der Waals surface area contributed by atoms with Crippen LogP contribution in [0.5, 0.6) is 5.75 Å². The molecule has 0 radical (unpaired) electrons. The van der Waals surface area contributed by atoms with Crippen LogP contribution in [0.4, 0.5) is 17.6 Å². The summed E-state index contributed by atoms with van der Waals surface area (Å²) in [6.45, 7) is 0. The predicted molar refractivity (Wildman–Crippen MR) is 78.8 cm³/mol. The summed E-state index contributed by atoms with van der Waals surface area (Å²) in [5, 5.41) is 22.3. The number of carboxylic acids is 1. The van der Waals surface area contributed by atoms with E-state index in [1.54, 1.807) is 0 Å². The molecule has 0 aliphatic heterocycles. The van der Waals surface area contributed by atoms with Crippen molar-refractivity contribution in [1.29, 1.82) is 0 Å². The molecular formula is C16H8F4N2O4. The number of aromatic nitrogens is 2. The number of aromatic hydroxyl groups is 1. The maximum atomic E-state index is 14.0. The van der Waals surface area contributed by atoms with Gasteiger partial charge in [0.05, 0.1) is 22.3 Å². The van der Waals surface area contributed by atoms with Gasteiger partial charge in [0.25, 0.3) is 5.89 Å². The molecule has 6 nitrogen and oxygen atoms in total. The van der Waals surface area contributed by atoms with Crippen LogP contribution < -0.4 is 0 Å². The molecule has 2 N–H and O–H groups in total. The van der Waals surface area contributed by atoms with Gasteiger partial charge in [-0.3, -0.25) is 0 Å². The molecule has 10 heteroatoms. The Labute approximate surface area is 142 Å². The van der Waals surface area contributed by atoms with Crippen LogP contribution in [0.15, 0.2) is 40.9 Å². The first-order valence-electron chi connectivity index (χ1n) is 6.94. The average Bonchev–Trinajstić information content (AvgIpc) is 3.03. The number of halogens is 4. The number of phenols is 1. The zero-order valence-corrected chi connectivity index (χ0v) is 12.6. The second-order valence-electron chi connectivity index (χ2n) is 5.15. The summed E-state index contributed by atoms with van der Waals surface area (Å²) in [5.74, 6) is -3.51. The van der Waals surface area contributed by atoms with Crippen molar-refractivity contribution in [1.82, 2.24) is 10.1 Å². The first kappa shape index (κ1) is 17.4. The molecule has 3 rings (SSSR count). The fourth-order valence-corrected chi connectivity index (χ4v) is 2.16. The number of rotatable bonds is 3. The molecule has 0 unspecified atom stereocenters. The van der Waals surface area contributed by atoms with Crippen LogP contribution in [0.2, 0.25) is 0 Å². The Bertz CT molecular complexity index is 998. The average molecular weight is 368 g/mol. The van der Waals surface area contributed by atoms with Gasteiger partial charge in [0.15, 0.2) is 0 Å². The number of alkyl halides is 3. The van der Waals surface area contributed by atoms with Gasteiger partial charge in [0.1, 0.15) is 11.6 Å². The Hall–Kier alpha value is -3.43. The number of phenolic OH excluding ortho intramolecular Hbond substituents is 1. The van der Waals surface area contributed by atoms with Gasteiger partial charge in [-0.05, 0) is 36.4 Å². The smallest absolute Gasteiger partial charge is 0.416 e. The molecule has 0 fully saturated rings. The Balaban J connectivity index is 2.01. The number of benzene rings is 2. The maximum Gasteiger partial charge on any atom is 0.416 e. The molecule has 0 saturated carbocycles. The quantitative estimate of drug-likeness (QED) is 0.679. The lowest BCUT2D eigenvalue weighted by Gasteiger charge is -2.07. The lowest BCUT2D eigenvalue weighted by atomic mass is 10.1. The minimum Gasteiger partial charge on any atom is -0.507 e. The van der Waals surface area contributed by atoms with Crippen LogP contribution in [-0.4, -0.2) is 26.3 Å². The number of nitrogens with zero attached hydrogens (tertiary/aromatic N) is 2. The molecule has 26 heavy (non-hydrogen) atoms. The molecule has 0 bridgehead atoms. The lowest BCUT2D eigenvalue weighted by molar-refractivity contribution is -0.137. The van der Waals surface area contributed by atoms with Gasteiger partial charge < -0.3 is 14.7 Å². The first-order chi connectivity index (χ1) is 12.2. The van der Waals surface area contributed by atoms with Crippen LogP contribution >= 0.6 is 0 Å². The van der Waals surface area contributed by atoms with E-state index in [1.165, 1.54) is 0 Å². The molecule has 3 aromatic rings. The summed E-state index contributed by atoms with van der Waals surface area (Å²) in [5.41, 5.74) is -1.80. The highest BCUT2D eigenvalue weighted by Crippen LogP contribution is 2.34. The van der Waals surface area contributed by atoms with Crippen molar-refractivity contribution in [2.75, 3.05) is 0 Å². The largest absolute Gasteiger partial charge is 0.507 e. The number of carboxylic acid groups (broad SMARTS) is 1. The van der Waals surface area contributed by atoms with Gasteiger partial charge in [-0.2, -0.15) is 18.2 Å². The van der Waals surface area contributed by atoms with Crippen LogP contribution in [0.3, 0.4) is 0 Å². The third-order valence-corrected chi connectivity index (χ3v) is 3.44. The minimum absolute atomic E-state index is 0.0905. The van der Waals surface area contributed by atoms with Crippen molar-refractivity contribution in [3.8, 4) is 28.6 Å². The Kier molecular flexibility index (Phi) is 4.10. The van der Waals surface area contributed by atoms with Gasteiger partial charge in [-0.15, -0.1) is 0 Å². The van der Waals surface area contributed by atoms with Crippen molar-refractivity contribution in [2.45, 2.75) is 6.18 Å². The van der Waals surface area contributed by atoms with E-state index in [9.17, 15) is 27.5 Å². The molecule has 0 atom stereocenters. The summed E-state index contributed by atoms with van der Waals surface area (Å²) in [6, 6.07) is 5.12. The fraction of sp³-hybridized carbons (Fsp3) is 0.0625. The SMILES string of the molecule is O=C(O)c1ccc(O)c(-c2noc(-c3ccc(C(F)(F)F)cc3F)n2)c1. The van der Waals surface area contributed by atoms with Crippen LogP contribution in [-0.2, 0) is 6.18 Å². The Morgan fingerprint density at radius 1 is 1.08 bits per heavy atom. The van der Waals surface area contributed by atoms with Crippen molar-refractivity contribution >= 4 is 5.97 Å². The summed E-state index contributed by atoms with van der Waals surface area (Å²) in [6.07, 6.45) is -4.71. The van der Waals surface area contributed by atoms with Crippen molar-refractivity contribution < 1.29 is 37.1 Å². The van der Waals surface area contributed by atoms with Gasteiger partial charge in [-0.1, -0.05) is 5.16 Å². The number of carbonyl (C=O) groups is 1. The zero-order chi connectivity index (χ0) is 19.1. The van der Waals surface area contributed by atoms with Gasteiger partial charge >= 0.3 is 12.1 Å². The van der Waals surface area contributed by atoms with E-state index in [-0.39, 0.29) is 28.3 Å². The van der Waals surface area contributed by atoms with E-state index < -0.39 is 29.4 Å². The normalized spacial score (nSPS) is 11.5. The summed E-state index contributed by atoms with van der Waals surface area (Å²) < 4.78 is 56.5. The molecule has 134 valence electrons. The second-order valence-corrected chi connectivity index (χ2v) is 5.15. The minimum atomic E-state index is -4.71. The van der Waals surface area contributed by atoms with E-state index in [4.69, 9.17) is 9.63 Å². The third kappa shape index (κ3) is 3.21. The second kappa shape index (κ2) is 6.14. The van der Waals surface area contributed by atoms with E-state index in [2.05, 4.69) is 10.1 Å². The Morgan fingerprint density at radius 3 is 2.42 bits per heavy atom. The molecule has 0 saturated heterocycles. The number of aromatic carboxylic acids is 1. The van der Waals surface area contributed by atoms with E-state index >= 15 is 0 Å². The van der Waals surface area contributed by atoms with Gasteiger partial charge in [0.2, 0.25) is 5.82 Å². The van der Waals surface area contributed by atoms with Crippen molar-refractivity contribution in [3.63, 3.8) is 0 Å². The summed E-state index contributed by atoms with van der Waals surface area (Å²) in [4.78, 5) is 14.8. The standard InChI is InChI=1S/C16H8F4N2O4/c17-11-6-8(16(18,19)20)2-3-9(11)14-21-13(22-26-14)10-5-7(15(24)25)1-4-12(10)23/h1-6,23H,(H,24,25). The molecule has 2 aromatic carbocycles. The van der Waals surface area contributed by atoms with Crippen molar-refractivity contribution in [3.05, 3.63) is 53.3 Å². The molecule has 0 spiro atoms. The van der Waals surface area contributed by atoms with E-state index in [0.29, 0.717) is 12.1 Å². The van der Waals surface area contributed by atoms with Crippen LogP contribution in [0, 0.1) is 5.82 Å². The first-order valence-corrected chi connectivity index (χ1v) is 6.94.